The lowest BCUT2D eigenvalue weighted by molar-refractivity contribution is 0.564. The Kier molecular flexibility index (Phi) is 5.39. The van der Waals surface area contributed by atoms with Gasteiger partial charge in [-0.1, -0.05) is 35.2 Å². The van der Waals surface area contributed by atoms with E-state index in [-0.39, 0.29) is 4.90 Å². The van der Waals surface area contributed by atoms with E-state index < -0.39 is 16.1 Å². The van der Waals surface area contributed by atoms with Crippen LogP contribution in [-0.4, -0.2) is 14.5 Å². The molecule has 5 heteroatoms. The molecule has 1 N–H and O–H groups in total. The van der Waals surface area contributed by atoms with Gasteiger partial charge in [-0.3, -0.25) is 0 Å². The fraction of sp³-hybridized carbons (Fsp3) is 0.385. The van der Waals surface area contributed by atoms with Gasteiger partial charge < -0.3 is 0 Å². The van der Waals surface area contributed by atoms with Crippen molar-refractivity contribution in [3.63, 3.8) is 0 Å². The van der Waals surface area contributed by atoms with E-state index in [1.54, 1.807) is 18.2 Å². The first-order valence-corrected chi connectivity index (χ1v) is 7.93. The fourth-order valence-corrected chi connectivity index (χ4v) is 3.03. The maximum Gasteiger partial charge on any atom is 0.241 e. The first-order valence-electron chi connectivity index (χ1n) is 5.65. The quantitative estimate of drug-likeness (QED) is 0.844. The van der Waals surface area contributed by atoms with Crippen LogP contribution in [0, 0.1) is 19.3 Å². The van der Waals surface area contributed by atoms with Gasteiger partial charge in [0.2, 0.25) is 10.0 Å². The maximum absolute atomic E-state index is 12.1. The minimum atomic E-state index is -3.55. The van der Waals surface area contributed by atoms with Gasteiger partial charge in [-0.25, -0.2) is 8.42 Å². The standard InChI is InChI=1S/C13H16BrNO2S/c1-4-6-11(5-2)15-18(16,17)12-7-8-13(14)10(3)9-12/h2,7-9,11,15H,4,6H2,1,3H3. The van der Waals surface area contributed by atoms with Crippen LogP contribution >= 0.6 is 15.9 Å². The summed E-state index contributed by atoms with van der Waals surface area (Å²) in [4.78, 5) is 0.236. The van der Waals surface area contributed by atoms with E-state index in [4.69, 9.17) is 6.42 Å². The predicted octanol–water partition coefficient (Wildman–Crippen LogP) is 2.84. The van der Waals surface area contributed by atoms with E-state index in [2.05, 4.69) is 26.6 Å². The van der Waals surface area contributed by atoms with E-state index in [1.807, 2.05) is 13.8 Å². The Balaban J connectivity index is 2.99. The predicted molar refractivity (Wildman–Crippen MR) is 76.7 cm³/mol. The molecule has 0 spiro atoms. The summed E-state index contributed by atoms with van der Waals surface area (Å²) in [6.45, 7) is 3.80. The molecule has 1 aromatic carbocycles. The third-order valence-corrected chi connectivity index (χ3v) is 4.87. The van der Waals surface area contributed by atoms with Crippen LogP contribution in [0.25, 0.3) is 0 Å². The molecule has 3 nitrogen and oxygen atoms in total. The molecule has 0 bridgehead atoms. The number of halogens is 1. The van der Waals surface area contributed by atoms with Crippen molar-refractivity contribution >= 4 is 26.0 Å². The van der Waals surface area contributed by atoms with Crippen molar-refractivity contribution in [2.75, 3.05) is 0 Å². The molecule has 0 heterocycles. The van der Waals surface area contributed by atoms with Crippen molar-refractivity contribution in [1.29, 1.82) is 0 Å². The van der Waals surface area contributed by atoms with Gasteiger partial charge in [-0.2, -0.15) is 4.72 Å². The molecule has 18 heavy (non-hydrogen) atoms. The minimum Gasteiger partial charge on any atom is -0.207 e. The van der Waals surface area contributed by atoms with Crippen molar-refractivity contribution in [1.82, 2.24) is 4.72 Å². The van der Waals surface area contributed by atoms with Gasteiger partial charge in [0, 0.05) is 4.47 Å². The Bertz CT molecular complexity index is 561. The summed E-state index contributed by atoms with van der Waals surface area (Å²) in [6.07, 6.45) is 6.77. The van der Waals surface area contributed by atoms with E-state index in [0.717, 1.165) is 16.5 Å². The second-order valence-corrected chi connectivity index (χ2v) is 6.61. The molecule has 0 radical (unpaired) electrons. The normalized spacial score (nSPS) is 13.0. The molecule has 0 saturated heterocycles. The summed E-state index contributed by atoms with van der Waals surface area (Å²) in [7, 11) is -3.55. The number of aryl methyl sites for hydroxylation is 1. The molecule has 0 aliphatic heterocycles. The molecule has 1 unspecified atom stereocenters. The van der Waals surface area contributed by atoms with Crippen molar-refractivity contribution in [2.45, 2.75) is 37.6 Å². The summed E-state index contributed by atoms with van der Waals surface area (Å²) >= 11 is 3.34. The minimum absolute atomic E-state index is 0.236. The highest BCUT2D eigenvalue weighted by atomic mass is 79.9. The number of nitrogens with one attached hydrogen (secondary N) is 1. The van der Waals surface area contributed by atoms with Crippen molar-refractivity contribution in [3.05, 3.63) is 28.2 Å². The van der Waals surface area contributed by atoms with Gasteiger partial charge in [-0.05, 0) is 37.1 Å². The van der Waals surface area contributed by atoms with E-state index in [9.17, 15) is 8.42 Å². The molecule has 1 atom stereocenters. The first kappa shape index (κ1) is 15.2. The third-order valence-electron chi connectivity index (χ3n) is 2.52. The fourth-order valence-electron chi connectivity index (χ4n) is 1.50. The van der Waals surface area contributed by atoms with E-state index in [1.165, 1.54) is 0 Å². The topological polar surface area (TPSA) is 46.2 Å². The summed E-state index contributed by atoms with van der Waals surface area (Å²) < 4.78 is 27.6. The van der Waals surface area contributed by atoms with Gasteiger partial charge in [-0.15, -0.1) is 6.42 Å². The highest BCUT2D eigenvalue weighted by molar-refractivity contribution is 9.10. The van der Waals surface area contributed by atoms with Crippen LogP contribution in [0.2, 0.25) is 0 Å². The SMILES string of the molecule is C#CC(CCC)NS(=O)(=O)c1ccc(Br)c(C)c1. The number of rotatable bonds is 5. The molecular weight excluding hydrogens is 314 g/mol. The lowest BCUT2D eigenvalue weighted by atomic mass is 10.2. The van der Waals surface area contributed by atoms with Crippen LogP contribution in [0.15, 0.2) is 27.6 Å². The highest BCUT2D eigenvalue weighted by Gasteiger charge is 2.18. The average Bonchev–Trinajstić information content (AvgIpc) is 2.31. The van der Waals surface area contributed by atoms with Crippen molar-refractivity contribution in [3.8, 4) is 12.3 Å². The Morgan fingerprint density at radius 2 is 2.17 bits per heavy atom. The number of hydrogen-bond acceptors (Lipinski definition) is 2. The molecule has 0 aliphatic rings. The molecule has 0 amide bonds. The Morgan fingerprint density at radius 3 is 2.67 bits per heavy atom. The number of terminal acetylenes is 1. The van der Waals surface area contributed by atoms with Gasteiger partial charge in [0.25, 0.3) is 0 Å². The summed E-state index contributed by atoms with van der Waals surface area (Å²) in [6, 6.07) is 4.43. The van der Waals surface area contributed by atoms with Gasteiger partial charge in [0.05, 0.1) is 10.9 Å². The van der Waals surface area contributed by atoms with Crippen LogP contribution in [0.5, 0.6) is 0 Å². The summed E-state index contributed by atoms with van der Waals surface area (Å²) in [5, 5.41) is 0. The summed E-state index contributed by atoms with van der Waals surface area (Å²) in [5.41, 5.74) is 0.866. The average molecular weight is 330 g/mol. The van der Waals surface area contributed by atoms with Crippen LogP contribution in [-0.2, 0) is 10.0 Å². The van der Waals surface area contributed by atoms with E-state index >= 15 is 0 Å². The first-order chi connectivity index (χ1) is 8.40. The lowest BCUT2D eigenvalue weighted by Gasteiger charge is -2.13. The largest absolute Gasteiger partial charge is 0.241 e. The van der Waals surface area contributed by atoms with Crippen molar-refractivity contribution in [2.24, 2.45) is 0 Å². The van der Waals surface area contributed by atoms with Gasteiger partial charge in [0.1, 0.15) is 0 Å². The monoisotopic (exact) mass is 329 g/mol. The molecular formula is C13H16BrNO2S. The Labute approximate surface area is 117 Å². The number of benzene rings is 1. The van der Waals surface area contributed by atoms with Gasteiger partial charge in [0.15, 0.2) is 0 Å². The zero-order chi connectivity index (χ0) is 13.8. The van der Waals surface area contributed by atoms with Crippen LogP contribution in [0.1, 0.15) is 25.3 Å². The number of sulfonamides is 1. The molecule has 0 saturated carbocycles. The van der Waals surface area contributed by atoms with Crippen LogP contribution in [0.3, 0.4) is 0 Å². The highest BCUT2D eigenvalue weighted by Crippen LogP contribution is 2.20. The molecule has 98 valence electrons. The molecule has 1 rings (SSSR count). The lowest BCUT2D eigenvalue weighted by Crippen LogP contribution is -2.33. The molecule has 0 fully saturated rings. The van der Waals surface area contributed by atoms with E-state index in [0.29, 0.717) is 6.42 Å². The Hall–Kier alpha value is -0.830. The summed E-state index contributed by atoms with van der Waals surface area (Å²) in [5.74, 6) is 2.46. The molecule has 1 aromatic rings. The molecule has 0 aromatic heterocycles. The third kappa shape index (κ3) is 3.84. The number of hydrogen-bond donors (Lipinski definition) is 1. The smallest absolute Gasteiger partial charge is 0.207 e. The van der Waals surface area contributed by atoms with Crippen LogP contribution < -0.4 is 4.72 Å². The maximum atomic E-state index is 12.1. The van der Waals surface area contributed by atoms with Crippen molar-refractivity contribution < 1.29 is 8.42 Å². The Morgan fingerprint density at radius 1 is 1.50 bits per heavy atom. The zero-order valence-electron chi connectivity index (χ0n) is 10.4. The van der Waals surface area contributed by atoms with Crippen LogP contribution in [0.4, 0.5) is 0 Å². The zero-order valence-corrected chi connectivity index (χ0v) is 12.8. The van der Waals surface area contributed by atoms with Gasteiger partial charge >= 0.3 is 0 Å². The second kappa shape index (κ2) is 6.37. The molecule has 0 aliphatic carbocycles. The second-order valence-electron chi connectivity index (χ2n) is 4.04.